The molecular weight excluding hydrogens is 462 g/mol. The van der Waals surface area contributed by atoms with E-state index in [1.165, 1.54) is 19.1 Å². The molecule has 2 aliphatic heterocycles. The fraction of sp³-hybridized carbons (Fsp3) is 0.368. The van der Waals surface area contributed by atoms with Crippen LogP contribution in [0.2, 0.25) is 0 Å². The second-order valence-corrected chi connectivity index (χ2v) is 7.32. The van der Waals surface area contributed by atoms with Gasteiger partial charge >= 0.3 is 5.97 Å². The Bertz CT molecular complexity index is 913. The standard InChI is InChI=1S/C19H18BrN3O7/c1-10(21-14(24)8-20)19(29)30-9-22-15(25)7-6-13(18(22)28)23-16(26)11-4-2-3-5-12(11)17(23)27/h2-5,10,13H,6-9H2,1H3,(H,21,24)/t10-,13?/m0/s1. The van der Waals surface area contributed by atoms with Crippen LogP contribution < -0.4 is 5.32 Å². The van der Waals surface area contributed by atoms with E-state index in [1.54, 1.807) is 12.1 Å². The van der Waals surface area contributed by atoms with Gasteiger partial charge in [0, 0.05) is 6.42 Å². The molecule has 1 N–H and O–H groups in total. The van der Waals surface area contributed by atoms with Crippen molar-refractivity contribution < 1.29 is 33.5 Å². The van der Waals surface area contributed by atoms with Crippen LogP contribution in [0.15, 0.2) is 24.3 Å². The lowest BCUT2D eigenvalue weighted by Crippen LogP contribution is -2.56. The van der Waals surface area contributed by atoms with Crippen LogP contribution in [0.5, 0.6) is 0 Å². The summed E-state index contributed by atoms with van der Waals surface area (Å²) in [6, 6.07) is 4.06. The topological polar surface area (TPSA) is 130 Å². The maximum absolute atomic E-state index is 12.9. The van der Waals surface area contributed by atoms with E-state index in [2.05, 4.69) is 21.2 Å². The lowest BCUT2D eigenvalue weighted by atomic mass is 10.0. The van der Waals surface area contributed by atoms with Gasteiger partial charge in [0.1, 0.15) is 12.1 Å². The number of benzene rings is 1. The van der Waals surface area contributed by atoms with Crippen LogP contribution in [-0.4, -0.2) is 69.4 Å². The zero-order valence-electron chi connectivity index (χ0n) is 15.9. The van der Waals surface area contributed by atoms with Crippen molar-refractivity contribution in [1.29, 1.82) is 0 Å². The second-order valence-electron chi connectivity index (χ2n) is 6.76. The number of nitrogens with zero attached hydrogens (tertiary/aromatic N) is 2. The van der Waals surface area contributed by atoms with Crippen LogP contribution in [0.1, 0.15) is 40.5 Å². The number of piperidine rings is 1. The Morgan fingerprint density at radius 2 is 1.77 bits per heavy atom. The number of hydrogen-bond donors (Lipinski definition) is 1. The minimum absolute atomic E-state index is 0.00429. The van der Waals surface area contributed by atoms with Gasteiger partial charge in [0.25, 0.3) is 17.7 Å². The van der Waals surface area contributed by atoms with E-state index in [9.17, 15) is 28.8 Å². The van der Waals surface area contributed by atoms with E-state index in [1.807, 2.05) is 0 Å². The molecule has 30 heavy (non-hydrogen) atoms. The summed E-state index contributed by atoms with van der Waals surface area (Å²) in [4.78, 5) is 75.3. The number of amides is 5. The molecule has 0 aliphatic carbocycles. The monoisotopic (exact) mass is 479 g/mol. The minimum atomic E-state index is -1.17. The van der Waals surface area contributed by atoms with Crippen LogP contribution in [-0.2, 0) is 23.9 Å². The highest BCUT2D eigenvalue weighted by Crippen LogP contribution is 2.28. The largest absolute Gasteiger partial charge is 0.442 e. The number of nitrogens with one attached hydrogen (secondary N) is 1. The zero-order valence-corrected chi connectivity index (χ0v) is 17.5. The minimum Gasteiger partial charge on any atom is -0.442 e. The first kappa shape index (κ1) is 21.6. The van der Waals surface area contributed by atoms with Crippen molar-refractivity contribution in [3.05, 3.63) is 35.4 Å². The highest BCUT2D eigenvalue weighted by atomic mass is 79.9. The fourth-order valence-corrected chi connectivity index (χ4v) is 3.44. The normalized spacial score (nSPS) is 19.6. The van der Waals surface area contributed by atoms with Crippen molar-refractivity contribution in [2.24, 2.45) is 0 Å². The Labute approximate surface area is 179 Å². The summed E-state index contributed by atoms with van der Waals surface area (Å²) in [6.45, 7) is 0.717. The molecule has 2 aliphatic rings. The first-order valence-corrected chi connectivity index (χ1v) is 10.2. The number of carbonyl (C=O) groups is 6. The number of imide groups is 2. The smallest absolute Gasteiger partial charge is 0.330 e. The molecule has 0 radical (unpaired) electrons. The SMILES string of the molecule is C[C@H](NC(=O)CBr)C(=O)OCN1C(=O)CCC(N2C(=O)c3ccccc3C2=O)C1=O. The number of hydrogen-bond acceptors (Lipinski definition) is 7. The Balaban J connectivity index is 1.70. The Morgan fingerprint density at radius 3 is 2.33 bits per heavy atom. The molecule has 0 bridgehead atoms. The third-order valence-electron chi connectivity index (χ3n) is 4.81. The average Bonchev–Trinajstić information content (AvgIpc) is 2.98. The van der Waals surface area contributed by atoms with Gasteiger partial charge in [0.2, 0.25) is 11.8 Å². The van der Waals surface area contributed by atoms with Crippen molar-refractivity contribution in [1.82, 2.24) is 15.1 Å². The summed E-state index contributed by atoms with van der Waals surface area (Å²) in [5, 5.41) is 2.36. The van der Waals surface area contributed by atoms with Crippen LogP contribution >= 0.6 is 15.9 Å². The van der Waals surface area contributed by atoms with E-state index in [0.29, 0.717) is 4.90 Å². The molecule has 0 saturated carbocycles. The number of likely N-dealkylation sites (tertiary alicyclic amines) is 1. The van der Waals surface area contributed by atoms with Gasteiger partial charge in [0.05, 0.1) is 16.5 Å². The number of carbonyl (C=O) groups excluding carboxylic acids is 6. The molecule has 3 rings (SSSR count). The third kappa shape index (κ3) is 3.97. The number of rotatable bonds is 6. The lowest BCUT2D eigenvalue weighted by Gasteiger charge is -2.34. The fourth-order valence-electron chi connectivity index (χ4n) is 3.28. The molecule has 0 spiro atoms. The van der Waals surface area contributed by atoms with E-state index in [-0.39, 0.29) is 29.3 Å². The number of alkyl halides is 1. The van der Waals surface area contributed by atoms with Crippen LogP contribution in [0, 0.1) is 0 Å². The molecule has 158 valence electrons. The maximum Gasteiger partial charge on any atom is 0.330 e. The van der Waals surface area contributed by atoms with Gasteiger partial charge in [-0.3, -0.25) is 28.9 Å². The van der Waals surface area contributed by atoms with E-state index in [4.69, 9.17) is 4.74 Å². The Hall–Kier alpha value is -3.08. The first-order valence-electron chi connectivity index (χ1n) is 9.09. The molecule has 10 nitrogen and oxygen atoms in total. The Kier molecular flexibility index (Phi) is 6.30. The maximum atomic E-state index is 12.9. The van der Waals surface area contributed by atoms with Crippen molar-refractivity contribution in [2.45, 2.75) is 31.8 Å². The van der Waals surface area contributed by atoms with Crippen molar-refractivity contribution in [3.8, 4) is 0 Å². The molecule has 1 unspecified atom stereocenters. The molecule has 1 fully saturated rings. The van der Waals surface area contributed by atoms with Crippen LogP contribution in [0.25, 0.3) is 0 Å². The lowest BCUT2D eigenvalue weighted by molar-refractivity contribution is -0.165. The highest BCUT2D eigenvalue weighted by molar-refractivity contribution is 9.09. The summed E-state index contributed by atoms with van der Waals surface area (Å²) in [6.07, 6.45) is -0.109. The van der Waals surface area contributed by atoms with Gasteiger partial charge in [-0.15, -0.1) is 0 Å². The number of ether oxygens (including phenoxy) is 1. The van der Waals surface area contributed by atoms with Gasteiger partial charge in [-0.05, 0) is 25.5 Å². The van der Waals surface area contributed by atoms with Gasteiger partial charge in [-0.25, -0.2) is 9.69 Å². The summed E-state index contributed by atoms with van der Waals surface area (Å²) < 4.78 is 4.98. The van der Waals surface area contributed by atoms with Crippen molar-refractivity contribution >= 4 is 51.4 Å². The first-order chi connectivity index (χ1) is 14.3. The van der Waals surface area contributed by atoms with Crippen molar-refractivity contribution in [3.63, 3.8) is 0 Å². The summed E-state index contributed by atoms with van der Waals surface area (Å²) >= 11 is 2.95. The molecule has 11 heteroatoms. The molecular formula is C19H18BrN3O7. The second kappa shape index (κ2) is 8.74. The quantitative estimate of drug-likeness (QED) is 0.350. The third-order valence-corrected chi connectivity index (χ3v) is 5.32. The van der Waals surface area contributed by atoms with Crippen molar-refractivity contribution in [2.75, 3.05) is 12.1 Å². The molecule has 5 amide bonds. The van der Waals surface area contributed by atoms with E-state index >= 15 is 0 Å². The number of esters is 1. The predicted molar refractivity (Wildman–Crippen MR) is 104 cm³/mol. The van der Waals surface area contributed by atoms with Gasteiger partial charge in [-0.1, -0.05) is 28.1 Å². The van der Waals surface area contributed by atoms with E-state index < -0.39 is 54.3 Å². The number of fused-ring (bicyclic) bond motifs is 1. The van der Waals surface area contributed by atoms with Crippen LogP contribution in [0.4, 0.5) is 0 Å². The zero-order chi connectivity index (χ0) is 22.0. The summed E-state index contributed by atoms with van der Waals surface area (Å²) in [5.41, 5.74) is 0.392. The van der Waals surface area contributed by atoms with E-state index in [0.717, 1.165) is 4.90 Å². The molecule has 2 atom stereocenters. The predicted octanol–water partition coefficient (Wildman–Crippen LogP) is 0.200. The highest BCUT2D eigenvalue weighted by Gasteiger charge is 2.47. The molecule has 1 saturated heterocycles. The van der Waals surface area contributed by atoms with Gasteiger partial charge in [-0.2, -0.15) is 0 Å². The van der Waals surface area contributed by atoms with Crippen LogP contribution in [0.3, 0.4) is 0 Å². The summed E-state index contributed by atoms with van der Waals surface area (Å²) in [7, 11) is 0. The Morgan fingerprint density at radius 1 is 1.17 bits per heavy atom. The summed E-state index contributed by atoms with van der Waals surface area (Å²) in [5.74, 6) is -3.87. The van der Waals surface area contributed by atoms with Gasteiger partial charge < -0.3 is 10.1 Å². The van der Waals surface area contributed by atoms with Gasteiger partial charge in [0.15, 0.2) is 6.73 Å². The molecule has 1 aromatic carbocycles. The molecule has 1 aromatic rings. The molecule has 2 heterocycles. The average molecular weight is 480 g/mol. The molecule has 0 aromatic heterocycles. The number of halogens is 1.